The van der Waals surface area contributed by atoms with E-state index in [-0.39, 0.29) is 28.8 Å². The summed E-state index contributed by atoms with van der Waals surface area (Å²) in [4.78, 5) is 15.7. The molecule has 2 aliphatic heterocycles. The van der Waals surface area contributed by atoms with Crippen LogP contribution in [0.15, 0.2) is 34.9 Å². The van der Waals surface area contributed by atoms with Crippen LogP contribution in [-0.2, 0) is 11.8 Å². The summed E-state index contributed by atoms with van der Waals surface area (Å²) < 4.78 is 12.7. The number of amides is 1. The predicted octanol–water partition coefficient (Wildman–Crippen LogP) is 5.26. The Balaban J connectivity index is 1.32. The van der Waals surface area contributed by atoms with E-state index in [4.69, 9.17) is 55.6 Å². The lowest BCUT2D eigenvalue weighted by atomic mass is 9.81. The van der Waals surface area contributed by atoms with Crippen LogP contribution < -0.4 is 10.6 Å². The Labute approximate surface area is 241 Å². The van der Waals surface area contributed by atoms with Crippen LogP contribution in [0.3, 0.4) is 0 Å². The minimum Gasteiger partial charge on any atom is -0.439 e. The molecule has 2 saturated heterocycles. The maximum atomic E-state index is 13.3. The molecule has 0 spiro atoms. The molecule has 4 heterocycles. The Morgan fingerprint density at radius 3 is 2.63 bits per heavy atom. The number of rotatable bonds is 7. The molecule has 12 heteroatoms. The van der Waals surface area contributed by atoms with Gasteiger partial charge in [0.05, 0.1) is 45.7 Å². The predicted molar refractivity (Wildman–Crippen MR) is 150 cm³/mol. The average molecular weight is 601 g/mol. The second-order valence-electron chi connectivity index (χ2n) is 9.71. The van der Waals surface area contributed by atoms with E-state index in [1.165, 1.54) is 6.20 Å². The Morgan fingerprint density at radius 1 is 1.13 bits per heavy atom. The van der Waals surface area contributed by atoms with E-state index >= 15 is 0 Å². The second-order valence-corrected chi connectivity index (χ2v) is 11.3. The van der Waals surface area contributed by atoms with Crippen molar-refractivity contribution in [1.82, 2.24) is 25.3 Å². The first kappa shape index (κ1) is 27.8. The minimum atomic E-state index is -0.361. The van der Waals surface area contributed by atoms with Gasteiger partial charge in [0, 0.05) is 50.7 Å². The zero-order valence-corrected chi connectivity index (χ0v) is 23.9. The maximum absolute atomic E-state index is 13.3. The summed E-state index contributed by atoms with van der Waals surface area (Å²) in [6.45, 7) is 5.07. The highest BCUT2D eigenvalue weighted by Crippen LogP contribution is 2.36. The Morgan fingerprint density at radius 2 is 1.92 bits per heavy atom. The first-order valence-electron chi connectivity index (χ1n) is 12.6. The van der Waals surface area contributed by atoms with Crippen LogP contribution in [0.4, 0.5) is 0 Å². The molecule has 8 nitrogen and oxygen atoms in total. The summed E-state index contributed by atoms with van der Waals surface area (Å²) in [5.74, 6) is -0.231. The molecule has 204 valence electrons. The summed E-state index contributed by atoms with van der Waals surface area (Å²) in [6, 6.07) is 7.36. The van der Waals surface area contributed by atoms with Gasteiger partial charge in [0.25, 0.3) is 5.91 Å². The minimum absolute atomic E-state index is 0.0288. The van der Waals surface area contributed by atoms with Gasteiger partial charge >= 0.3 is 0 Å². The van der Waals surface area contributed by atoms with Crippen molar-refractivity contribution in [2.45, 2.75) is 30.8 Å². The fourth-order valence-corrected chi connectivity index (χ4v) is 6.03. The molecule has 0 saturated carbocycles. The normalized spacial score (nSPS) is 22.5. The Kier molecular flexibility index (Phi) is 8.89. The summed E-state index contributed by atoms with van der Waals surface area (Å²) in [7, 11) is 1.75. The van der Waals surface area contributed by atoms with Crippen molar-refractivity contribution >= 4 is 52.3 Å². The number of furan rings is 1. The topological polar surface area (TPSA) is 84.6 Å². The number of nitrogens with one attached hydrogen (secondary N) is 2. The molecule has 1 amide bonds. The molecule has 3 aromatic rings. The number of ether oxygens (including phenoxy) is 1. The van der Waals surface area contributed by atoms with Crippen LogP contribution in [0.2, 0.25) is 20.3 Å². The Hall–Kier alpha value is -1.78. The van der Waals surface area contributed by atoms with Crippen molar-refractivity contribution in [3.05, 3.63) is 62.1 Å². The van der Waals surface area contributed by atoms with E-state index in [9.17, 15) is 4.79 Å². The number of carbonyl (C=O) groups is 1. The number of aryl methyl sites for hydroxylation is 1. The average Bonchev–Trinajstić information content (AvgIpc) is 3.46. The highest BCUT2D eigenvalue weighted by molar-refractivity contribution is 6.42. The zero-order valence-electron chi connectivity index (χ0n) is 20.9. The third-order valence-corrected chi connectivity index (χ3v) is 8.59. The van der Waals surface area contributed by atoms with Crippen LogP contribution in [0.1, 0.15) is 34.9 Å². The highest BCUT2D eigenvalue weighted by Gasteiger charge is 2.34. The Bertz CT molecular complexity index is 1270. The third kappa shape index (κ3) is 6.17. The van der Waals surface area contributed by atoms with Gasteiger partial charge in [0.1, 0.15) is 0 Å². The zero-order chi connectivity index (χ0) is 26.8. The van der Waals surface area contributed by atoms with Crippen LogP contribution in [0.5, 0.6) is 0 Å². The van der Waals surface area contributed by atoms with Crippen molar-refractivity contribution in [3.63, 3.8) is 0 Å². The lowest BCUT2D eigenvalue weighted by molar-refractivity contribution is 0.0354. The molecule has 1 aromatic carbocycles. The van der Waals surface area contributed by atoms with Crippen LogP contribution in [0, 0.1) is 0 Å². The number of halogens is 4. The van der Waals surface area contributed by atoms with Gasteiger partial charge in [-0.15, -0.1) is 0 Å². The smallest absolute Gasteiger partial charge is 0.287 e. The van der Waals surface area contributed by atoms with Gasteiger partial charge in [-0.25, -0.2) is 0 Å². The first-order chi connectivity index (χ1) is 18.3. The van der Waals surface area contributed by atoms with E-state index in [0.29, 0.717) is 38.9 Å². The molecule has 2 N–H and O–H groups in total. The van der Waals surface area contributed by atoms with Crippen molar-refractivity contribution < 1.29 is 13.9 Å². The second kappa shape index (κ2) is 12.2. The molecule has 0 bridgehead atoms. The number of morpholine rings is 1. The molecular formula is C26H29Cl4N5O3. The molecular weight excluding hydrogens is 572 g/mol. The van der Waals surface area contributed by atoms with Crippen molar-refractivity contribution in [1.29, 1.82) is 0 Å². The molecule has 0 aliphatic carbocycles. The van der Waals surface area contributed by atoms with Crippen LogP contribution in [-0.4, -0.2) is 72.1 Å². The van der Waals surface area contributed by atoms with Crippen molar-refractivity contribution in [3.8, 4) is 11.3 Å². The highest BCUT2D eigenvalue weighted by atomic mass is 35.5. The van der Waals surface area contributed by atoms with Gasteiger partial charge in [-0.1, -0.05) is 40.9 Å². The van der Waals surface area contributed by atoms with Gasteiger partial charge in [0.2, 0.25) is 5.22 Å². The maximum Gasteiger partial charge on any atom is 0.287 e. The SMILES string of the molecule is Cn1ncc(Cl)c1-c1cc(C(=O)N[C@@H]2CN[C@H](CCN3CCOCC3)C[C@H]2c2ccc(Cl)c(Cl)c2)oc1Cl. The van der Waals surface area contributed by atoms with E-state index in [2.05, 4.69) is 20.6 Å². The summed E-state index contributed by atoms with van der Waals surface area (Å²) >= 11 is 25.2. The summed E-state index contributed by atoms with van der Waals surface area (Å²) in [6.07, 6.45) is 3.36. The van der Waals surface area contributed by atoms with Crippen molar-refractivity contribution in [2.24, 2.45) is 7.05 Å². The van der Waals surface area contributed by atoms with Crippen molar-refractivity contribution in [2.75, 3.05) is 39.4 Å². The van der Waals surface area contributed by atoms with Gasteiger partial charge < -0.3 is 19.8 Å². The van der Waals surface area contributed by atoms with Gasteiger partial charge in [0.15, 0.2) is 5.76 Å². The molecule has 3 atom stereocenters. The largest absolute Gasteiger partial charge is 0.439 e. The molecule has 2 aliphatic rings. The summed E-state index contributed by atoms with van der Waals surface area (Å²) in [5.41, 5.74) is 2.12. The van der Waals surface area contributed by atoms with Crippen LogP contribution >= 0.6 is 46.4 Å². The van der Waals surface area contributed by atoms with Gasteiger partial charge in [-0.2, -0.15) is 5.10 Å². The number of hydrogen-bond donors (Lipinski definition) is 2. The molecule has 2 fully saturated rings. The fourth-order valence-electron chi connectivity index (χ4n) is 5.23. The standard InChI is InChI=1S/C26H29Cl4N5O3/c1-34-24(21(29)13-32-34)18-12-23(38-25(18)30)26(36)33-22-14-31-16(4-5-35-6-8-37-9-7-35)11-17(22)15-2-3-19(27)20(28)10-15/h2-3,10,12-13,16-17,22,31H,4-9,11,14H2,1H3,(H,33,36)/t16-,17+,22-/m1/s1. The third-order valence-electron chi connectivity index (χ3n) is 7.30. The number of piperidine rings is 1. The first-order valence-corrected chi connectivity index (χ1v) is 14.1. The number of aromatic nitrogens is 2. The van der Waals surface area contributed by atoms with E-state index < -0.39 is 0 Å². The summed E-state index contributed by atoms with van der Waals surface area (Å²) in [5, 5.41) is 12.4. The number of carbonyl (C=O) groups excluding carboxylic acids is 1. The fraction of sp³-hybridized carbons (Fsp3) is 0.462. The lowest BCUT2D eigenvalue weighted by Crippen LogP contribution is -2.54. The molecule has 38 heavy (non-hydrogen) atoms. The van der Waals surface area contributed by atoms with Gasteiger partial charge in [-0.3, -0.25) is 14.4 Å². The van der Waals surface area contributed by atoms with Crippen LogP contribution in [0.25, 0.3) is 11.3 Å². The molecule has 0 unspecified atom stereocenters. The van der Waals surface area contributed by atoms with E-state index in [1.54, 1.807) is 23.9 Å². The number of benzene rings is 1. The number of hydrogen-bond acceptors (Lipinski definition) is 6. The molecule has 5 rings (SSSR count). The molecule has 0 radical (unpaired) electrons. The monoisotopic (exact) mass is 599 g/mol. The van der Waals surface area contributed by atoms with E-state index in [0.717, 1.165) is 51.3 Å². The van der Waals surface area contributed by atoms with E-state index in [1.807, 2.05) is 12.1 Å². The quantitative estimate of drug-likeness (QED) is 0.385. The lowest BCUT2D eigenvalue weighted by Gasteiger charge is -2.39. The van der Waals surface area contributed by atoms with Gasteiger partial charge in [-0.05, 0) is 48.7 Å². The molecule has 2 aromatic heterocycles. The number of nitrogens with zero attached hydrogens (tertiary/aromatic N) is 3.